The zero-order valence-corrected chi connectivity index (χ0v) is 21.9. The second kappa shape index (κ2) is 12.5. The molecule has 40 heavy (non-hydrogen) atoms. The Bertz CT molecular complexity index is 1300. The Morgan fingerprint density at radius 3 is 2.20 bits per heavy atom. The molecule has 13 heteroatoms. The van der Waals surface area contributed by atoms with Crippen LogP contribution >= 0.6 is 12.4 Å². The molecule has 1 amide bonds. The van der Waals surface area contributed by atoms with Crippen LogP contribution in [0.25, 0.3) is 10.9 Å². The van der Waals surface area contributed by atoms with Crippen molar-refractivity contribution < 1.29 is 41.0 Å². The van der Waals surface area contributed by atoms with Gasteiger partial charge in [0.05, 0.1) is 6.04 Å². The first-order chi connectivity index (χ1) is 18.4. The summed E-state index contributed by atoms with van der Waals surface area (Å²) in [5, 5.41) is 9.48. The standard InChI is InChI=1S/C27H27F6N3O3.ClH/c28-26(29,30)22-16-36(25(39)17-8-2-1-3-9-17)21(14-18-15-34-20-11-5-4-10-19(18)20)24(27(31,32)33)35(22)13-7-6-12-23(37)38;/h1-5,8-11,15,21-22,24,34H,6-7,12-14,16H2,(H,37,38);1H/t21-,22?,24?;/m1./s1. The van der Waals surface area contributed by atoms with Crippen LogP contribution in [-0.4, -0.2) is 75.3 Å². The quantitative estimate of drug-likeness (QED) is 0.246. The summed E-state index contributed by atoms with van der Waals surface area (Å²) in [6.07, 6.45) is -9.67. The third-order valence-electron chi connectivity index (χ3n) is 7.05. The van der Waals surface area contributed by atoms with Crippen LogP contribution in [0.4, 0.5) is 26.3 Å². The molecule has 4 rings (SSSR count). The smallest absolute Gasteiger partial charge is 0.406 e. The molecule has 2 aromatic carbocycles. The number of hydrogen-bond acceptors (Lipinski definition) is 3. The van der Waals surface area contributed by atoms with Gasteiger partial charge in [-0.05, 0) is 49.6 Å². The average molecular weight is 592 g/mol. The van der Waals surface area contributed by atoms with Crippen molar-refractivity contribution in [3.63, 3.8) is 0 Å². The minimum absolute atomic E-state index is 0. The van der Waals surface area contributed by atoms with Gasteiger partial charge in [-0.2, -0.15) is 26.3 Å². The number of aromatic nitrogens is 1. The lowest BCUT2D eigenvalue weighted by molar-refractivity contribution is -0.261. The van der Waals surface area contributed by atoms with E-state index in [1.807, 2.05) is 0 Å². The van der Waals surface area contributed by atoms with Crippen molar-refractivity contribution in [3.05, 3.63) is 71.9 Å². The number of aliphatic carboxylic acids is 1. The van der Waals surface area contributed by atoms with Crippen LogP contribution in [0.15, 0.2) is 60.8 Å². The number of carboxylic acids is 1. The summed E-state index contributed by atoms with van der Waals surface area (Å²) in [4.78, 5) is 28.4. The molecule has 1 aliphatic heterocycles. The van der Waals surface area contributed by atoms with E-state index >= 15 is 0 Å². The molecule has 1 saturated heterocycles. The SMILES string of the molecule is Cl.O=C(O)CCCCN1C(C(F)(F)F)CN(C(=O)c2ccccc2)[C@H](Cc2c[nH]c3ccccc23)C1C(F)(F)F. The van der Waals surface area contributed by atoms with Gasteiger partial charge >= 0.3 is 18.3 Å². The van der Waals surface area contributed by atoms with Crippen molar-refractivity contribution in [1.82, 2.24) is 14.8 Å². The number of amides is 1. The van der Waals surface area contributed by atoms with Crippen molar-refractivity contribution in [2.45, 2.75) is 56.2 Å². The van der Waals surface area contributed by atoms with Crippen LogP contribution < -0.4 is 0 Å². The highest BCUT2D eigenvalue weighted by Crippen LogP contribution is 2.41. The number of piperazine rings is 1. The number of nitrogens with zero attached hydrogens (tertiary/aromatic N) is 2. The van der Waals surface area contributed by atoms with E-state index in [0.29, 0.717) is 26.3 Å². The van der Waals surface area contributed by atoms with Crippen LogP contribution in [0.1, 0.15) is 35.2 Å². The number of fused-ring (bicyclic) bond motifs is 1. The van der Waals surface area contributed by atoms with Gasteiger partial charge in [-0.3, -0.25) is 14.5 Å². The number of nitrogens with one attached hydrogen (secondary N) is 1. The fourth-order valence-corrected chi connectivity index (χ4v) is 5.30. The van der Waals surface area contributed by atoms with Gasteiger partial charge in [0, 0.05) is 35.6 Å². The second-order valence-electron chi connectivity index (χ2n) is 9.59. The summed E-state index contributed by atoms with van der Waals surface area (Å²) >= 11 is 0. The van der Waals surface area contributed by atoms with E-state index in [2.05, 4.69) is 4.98 Å². The molecule has 2 heterocycles. The molecule has 3 aromatic rings. The molecule has 6 nitrogen and oxygen atoms in total. The van der Waals surface area contributed by atoms with Gasteiger partial charge in [-0.1, -0.05) is 36.4 Å². The third kappa shape index (κ3) is 6.90. The number of rotatable bonds is 8. The number of carbonyl (C=O) groups is 2. The van der Waals surface area contributed by atoms with Crippen molar-refractivity contribution in [1.29, 1.82) is 0 Å². The van der Waals surface area contributed by atoms with Crippen LogP contribution in [-0.2, 0) is 11.2 Å². The zero-order valence-electron chi connectivity index (χ0n) is 21.1. The van der Waals surface area contributed by atoms with Gasteiger partial charge in [0.25, 0.3) is 5.91 Å². The number of benzene rings is 2. The Kier molecular flexibility index (Phi) is 9.78. The van der Waals surface area contributed by atoms with Gasteiger partial charge in [-0.25, -0.2) is 0 Å². The lowest BCUT2D eigenvalue weighted by Gasteiger charge is -2.52. The first kappa shape index (κ1) is 31.3. The Morgan fingerprint density at radius 1 is 0.925 bits per heavy atom. The van der Waals surface area contributed by atoms with Crippen LogP contribution in [0.5, 0.6) is 0 Å². The molecule has 0 radical (unpaired) electrons. The van der Waals surface area contributed by atoms with Crippen LogP contribution in [0.2, 0.25) is 0 Å². The number of H-pyrrole nitrogens is 1. The fourth-order valence-electron chi connectivity index (χ4n) is 5.30. The van der Waals surface area contributed by atoms with Crippen molar-refractivity contribution in [2.75, 3.05) is 13.1 Å². The van der Waals surface area contributed by atoms with E-state index in [9.17, 15) is 35.9 Å². The summed E-state index contributed by atoms with van der Waals surface area (Å²) in [5.41, 5.74) is 1.07. The molecular weight excluding hydrogens is 564 g/mol. The second-order valence-corrected chi connectivity index (χ2v) is 9.59. The van der Waals surface area contributed by atoms with Crippen molar-refractivity contribution in [2.24, 2.45) is 0 Å². The van der Waals surface area contributed by atoms with Gasteiger partial charge in [0.1, 0.15) is 12.1 Å². The molecule has 0 aliphatic carbocycles. The maximum absolute atomic E-state index is 14.8. The van der Waals surface area contributed by atoms with E-state index in [-0.39, 0.29) is 43.7 Å². The van der Waals surface area contributed by atoms with Gasteiger partial charge < -0.3 is 15.0 Å². The monoisotopic (exact) mass is 591 g/mol. The largest absolute Gasteiger partial charge is 0.481 e. The van der Waals surface area contributed by atoms with Gasteiger partial charge in [0.2, 0.25) is 0 Å². The van der Waals surface area contributed by atoms with E-state index in [4.69, 9.17) is 5.11 Å². The minimum Gasteiger partial charge on any atom is -0.481 e. The molecule has 1 aromatic heterocycles. The minimum atomic E-state index is -5.12. The molecular formula is C27H28ClF6N3O3. The molecule has 218 valence electrons. The van der Waals surface area contributed by atoms with Crippen molar-refractivity contribution >= 4 is 35.2 Å². The lowest BCUT2D eigenvalue weighted by atomic mass is 9.89. The maximum Gasteiger partial charge on any atom is 0.406 e. The summed E-state index contributed by atoms with van der Waals surface area (Å²) in [6.45, 7) is -1.62. The topological polar surface area (TPSA) is 76.6 Å². The third-order valence-corrected chi connectivity index (χ3v) is 7.05. The Hall–Kier alpha value is -3.25. The van der Waals surface area contributed by atoms with Crippen LogP contribution in [0, 0.1) is 0 Å². The summed E-state index contributed by atoms with van der Waals surface area (Å²) in [6, 6.07) is 7.24. The molecule has 2 N–H and O–H groups in total. The Labute approximate surface area is 232 Å². The Morgan fingerprint density at radius 2 is 1.57 bits per heavy atom. The predicted molar refractivity (Wildman–Crippen MR) is 138 cm³/mol. The highest BCUT2D eigenvalue weighted by Gasteiger charge is 2.60. The Balaban J connectivity index is 0.00000441. The van der Waals surface area contributed by atoms with Crippen molar-refractivity contribution in [3.8, 4) is 0 Å². The highest BCUT2D eigenvalue weighted by atomic mass is 35.5. The fraction of sp³-hybridized carbons (Fsp3) is 0.407. The number of hydrogen-bond donors (Lipinski definition) is 2. The number of alkyl halides is 6. The molecule has 3 atom stereocenters. The van der Waals surface area contributed by atoms with E-state index in [1.165, 1.54) is 30.5 Å². The van der Waals surface area contributed by atoms with E-state index in [1.54, 1.807) is 30.3 Å². The first-order valence-corrected chi connectivity index (χ1v) is 12.4. The summed E-state index contributed by atoms with van der Waals surface area (Å²) in [7, 11) is 0. The molecule has 1 aliphatic rings. The normalized spacial score (nSPS) is 20.4. The number of para-hydroxylation sites is 1. The number of unbranched alkanes of at least 4 members (excludes halogenated alkanes) is 1. The maximum atomic E-state index is 14.8. The zero-order chi connectivity index (χ0) is 28.4. The van der Waals surface area contributed by atoms with Crippen LogP contribution in [0.3, 0.4) is 0 Å². The highest BCUT2D eigenvalue weighted by molar-refractivity contribution is 5.94. The summed E-state index contributed by atoms with van der Waals surface area (Å²) < 4.78 is 87.2. The number of carbonyl (C=O) groups excluding carboxylic acids is 1. The molecule has 0 spiro atoms. The molecule has 0 saturated carbocycles. The number of aromatic amines is 1. The van der Waals surface area contributed by atoms with Gasteiger partial charge in [0.15, 0.2) is 0 Å². The summed E-state index contributed by atoms with van der Waals surface area (Å²) in [5.74, 6) is -2.11. The molecule has 0 bridgehead atoms. The first-order valence-electron chi connectivity index (χ1n) is 12.4. The lowest BCUT2D eigenvalue weighted by Crippen LogP contribution is -2.72. The number of halogens is 7. The number of carboxylic acid groups (broad SMARTS) is 1. The molecule has 2 unspecified atom stereocenters. The van der Waals surface area contributed by atoms with E-state index in [0.717, 1.165) is 0 Å². The van der Waals surface area contributed by atoms with Gasteiger partial charge in [-0.15, -0.1) is 12.4 Å². The predicted octanol–water partition coefficient (Wildman–Crippen LogP) is 6.08. The molecule has 1 fully saturated rings. The average Bonchev–Trinajstić information content (AvgIpc) is 3.28. The van der Waals surface area contributed by atoms with E-state index < -0.39 is 55.4 Å².